The van der Waals surface area contributed by atoms with Crippen molar-refractivity contribution in [1.82, 2.24) is 25.0 Å². The van der Waals surface area contributed by atoms with Gasteiger partial charge in [-0.3, -0.25) is 4.68 Å². The van der Waals surface area contributed by atoms with Crippen LogP contribution in [0.1, 0.15) is 18.1 Å². The number of nitrogens with zero attached hydrogens (tertiary/aromatic N) is 4. The Morgan fingerprint density at radius 2 is 2.32 bits per heavy atom. The van der Waals surface area contributed by atoms with Crippen LogP contribution in [0.5, 0.6) is 5.75 Å². The normalized spacial score (nSPS) is 15.2. The molecule has 1 unspecified atom stereocenters. The molecule has 0 saturated heterocycles. The molecule has 1 aromatic carbocycles. The molecule has 1 aromatic heterocycles. The van der Waals surface area contributed by atoms with Crippen molar-refractivity contribution in [1.29, 1.82) is 0 Å². The zero-order valence-electron chi connectivity index (χ0n) is 12.4. The minimum atomic E-state index is -0.0957. The number of amides is 2. The van der Waals surface area contributed by atoms with Gasteiger partial charge in [-0.1, -0.05) is 6.07 Å². The minimum Gasteiger partial charge on any atom is -0.508 e. The Labute approximate surface area is 128 Å². The molecule has 1 atom stereocenters. The molecule has 22 heavy (non-hydrogen) atoms. The second-order valence-corrected chi connectivity index (χ2v) is 5.59. The van der Waals surface area contributed by atoms with Crippen molar-refractivity contribution < 1.29 is 9.90 Å². The van der Waals surface area contributed by atoms with E-state index in [1.54, 1.807) is 28.0 Å². The van der Waals surface area contributed by atoms with Crippen molar-refractivity contribution in [2.75, 3.05) is 6.54 Å². The predicted molar refractivity (Wildman–Crippen MR) is 80.2 cm³/mol. The van der Waals surface area contributed by atoms with Crippen LogP contribution in [0.2, 0.25) is 0 Å². The number of rotatable bonds is 3. The molecule has 0 bridgehead atoms. The van der Waals surface area contributed by atoms with Crippen molar-refractivity contribution in [3.8, 4) is 5.75 Å². The number of benzene rings is 1. The summed E-state index contributed by atoms with van der Waals surface area (Å²) in [5, 5.41) is 16.6. The Morgan fingerprint density at radius 3 is 3.09 bits per heavy atom. The van der Waals surface area contributed by atoms with E-state index in [1.165, 1.54) is 11.9 Å². The summed E-state index contributed by atoms with van der Waals surface area (Å²) >= 11 is 0. The third-order valence-electron chi connectivity index (χ3n) is 3.79. The maximum atomic E-state index is 12.3. The van der Waals surface area contributed by atoms with Gasteiger partial charge in [-0.25, -0.2) is 9.78 Å². The van der Waals surface area contributed by atoms with Crippen LogP contribution in [0, 0.1) is 0 Å². The van der Waals surface area contributed by atoms with Crippen molar-refractivity contribution in [3.05, 3.63) is 42.0 Å². The number of fused-ring (bicyclic) bond motifs is 1. The van der Waals surface area contributed by atoms with E-state index in [1.807, 2.05) is 13.0 Å². The number of hydrogen-bond donors (Lipinski definition) is 2. The van der Waals surface area contributed by atoms with Crippen molar-refractivity contribution in [3.63, 3.8) is 0 Å². The second kappa shape index (κ2) is 6.05. The highest BCUT2D eigenvalue weighted by molar-refractivity contribution is 5.74. The topological polar surface area (TPSA) is 83.3 Å². The fourth-order valence-corrected chi connectivity index (χ4v) is 2.67. The van der Waals surface area contributed by atoms with E-state index in [0.29, 0.717) is 19.6 Å². The van der Waals surface area contributed by atoms with E-state index < -0.39 is 0 Å². The molecule has 7 heteroatoms. The van der Waals surface area contributed by atoms with Crippen LogP contribution >= 0.6 is 0 Å². The number of hydrogen-bond acceptors (Lipinski definition) is 4. The second-order valence-electron chi connectivity index (χ2n) is 5.59. The molecule has 0 aliphatic carbocycles. The van der Waals surface area contributed by atoms with Gasteiger partial charge in [0.25, 0.3) is 0 Å². The van der Waals surface area contributed by atoms with Crippen molar-refractivity contribution >= 4 is 6.03 Å². The molecule has 0 radical (unpaired) electrons. The van der Waals surface area contributed by atoms with Gasteiger partial charge >= 0.3 is 6.03 Å². The van der Waals surface area contributed by atoms with Crippen LogP contribution in [-0.4, -0.2) is 43.4 Å². The van der Waals surface area contributed by atoms with Crippen LogP contribution in [0.4, 0.5) is 4.79 Å². The highest BCUT2D eigenvalue weighted by Crippen LogP contribution is 2.23. The summed E-state index contributed by atoms with van der Waals surface area (Å²) in [6.45, 7) is 3.71. The lowest BCUT2D eigenvalue weighted by Crippen LogP contribution is -2.46. The standard InChI is InChI=1S/C15H19N5O2/c1-11(7-20-10-16-9-17-20)18-15(22)19-5-4-12-2-3-14(21)6-13(12)8-19/h2-3,6,9-11,21H,4-5,7-8H2,1H3,(H,18,22). The summed E-state index contributed by atoms with van der Waals surface area (Å²) in [6, 6.07) is 5.21. The van der Waals surface area contributed by atoms with Gasteiger partial charge in [0.1, 0.15) is 18.4 Å². The predicted octanol–water partition coefficient (Wildman–Crippen LogP) is 1.14. The van der Waals surface area contributed by atoms with Crippen LogP contribution in [0.15, 0.2) is 30.9 Å². The first-order valence-electron chi connectivity index (χ1n) is 7.30. The number of urea groups is 1. The molecular formula is C15H19N5O2. The van der Waals surface area contributed by atoms with Gasteiger partial charge in [0.05, 0.1) is 6.54 Å². The Kier molecular flexibility index (Phi) is 3.95. The lowest BCUT2D eigenvalue weighted by atomic mass is 10.00. The average Bonchev–Trinajstić information content (AvgIpc) is 2.99. The van der Waals surface area contributed by atoms with Gasteiger partial charge in [0.2, 0.25) is 0 Å². The fraction of sp³-hybridized carbons (Fsp3) is 0.400. The number of phenolic OH excluding ortho intramolecular Hbond substituents is 1. The summed E-state index contributed by atoms with van der Waals surface area (Å²) in [5.41, 5.74) is 2.20. The van der Waals surface area contributed by atoms with Crippen LogP contribution in [0.25, 0.3) is 0 Å². The minimum absolute atomic E-state index is 0.0419. The zero-order valence-corrected chi connectivity index (χ0v) is 12.4. The SMILES string of the molecule is CC(Cn1cncn1)NC(=O)N1CCc2ccc(O)cc2C1. The number of carbonyl (C=O) groups excluding carboxylic acids is 1. The summed E-state index contributed by atoms with van der Waals surface area (Å²) in [6.07, 6.45) is 3.91. The Bertz CT molecular complexity index is 656. The molecule has 2 heterocycles. The van der Waals surface area contributed by atoms with E-state index in [-0.39, 0.29) is 17.8 Å². The molecule has 2 aromatic rings. The van der Waals surface area contributed by atoms with E-state index in [0.717, 1.165) is 12.0 Å². The molecule has 2 amide bonds. The molecular weight excluding hydrogens is 282 g/mol. The quantitative estimate of drug-likeness (QED) is 0.890. The van der Waals surface area contributed by atoms with E-state index >= 15 is 0 Å². The number of aromatic nitrogens is 3. The Hall–Kier alpha value is -2.57. The number of carbonyl (C=O) groups is 1. The molecule has 0 fully saturated rings. The molecule has 0 saturated carbocycles. The number of nitrogens with one attached hydrogen (secondary N) is 1. The summed E-state index contributed by atoms with van der Waals surface area (Å²) < 4.78 is 1.69. The first kappa shape index (κ1) is 14.4. The summed E-state index contributed by atoms with van der Waals surface area (Å²) in [7, 11) is 0. The molecule has 0 spiro atoms. The van der Waals surface area contributed by atoms with E-state index in [4.69, 9.17) is 0 Å². The first-order chi connectivity index (χ1) is 10.6. The first-order valence-corrected chi connectivity index (χ1v) is 7.30. The highest BCUT2D eigenvalue weighted by atomic mass is 16.3. The average molecular weight is 301 g/mol. The lowest BCUT2D eigenvalue weighted by molar-refractivity contribution is 0.187. The van der Waals surface area contributed by atoms with Gasteiger partial charge in [-0.05, 0) is 36.6 Å². The van der Waals surface area contributed by atoms with Crippen molar-refractivity contribution in [2.45, 2.75) is 32.5 Å². The maximum Gasteiger partial charge on any atom is 0.317 e. The molecule has 2 N–H and O–H groups in total. The van der Waals surface area contributed by atoms with Crippen LogP contribution in [0.3, 0.4) is 0 Å². The van der Waals surface area contributed by atoms with Gasteiger partial charge < -0.3 is 15.3 Å². The molecule has 3 rings (SSSR count). The summed E-state index contributed by atoms with van der Waals surface area (Å²) in [5.74, 6) is 0.237. The van der Waals surface area contributed by atoms with Crippen LogP contribution in [-0.2, 0) is 19.5 Å². The van der Waals surface area contributed by atoms with Gasteiger partial charge in [-0.15, -0.1) is 0 Å². The van der Waals surface area contributed by atoms with Gasteiger partial charge in [-0.2, -0.15) is 5.10 Å². The summed E-state index contributed by atoms with van der Waals surface area (Å²) in [4.78, 5) is 18.0. The monoisotopic (exact) mass is 301 g/mol. The lowest BCUT2D eigenvalue weighted by Gasteiger charge is -2.30. The highest BCUT2D eigenvalue weighted by Gasteiger charge is 2.22. The number of phenols is 1. The number of aromatic hydroxyl groups is 1. The fourth-order valence-electron chi connectivity index (χ4n) is 2.67. The molecule has 7 nitrogen and oxygen atoms in total. The van der Waals surface area contributed by atoms with Crippen molar-refractivity contribution in [2.24, 2.45) is 0 Å². The van der Waals surface area contributed by atoms with E-state index in [2.05, 4.69) is 15.4 Å². The van der Waals surface area contributed by atoms with E-state index in [9.17, 15) is 9.90 Å². The Morgan fingerprint density at radius 1 is 1.45 bits per heavy atom. The third-order valence-corrected chi connectivity index (χ3v) is 3.79. The largest absolute Gasteiger partial charge is 0.508 e. The maximum absolute atomic E-state index is 12.3. The Balaban J connectivity index is 1.59. The molecule has 116 valence electrons. The smallest absolute Gasteiger partial charge is 0.317 e. The molecule has 1 aliphatic heterocycles. The molecule has 1 aliphatic rings. The zero-order chi connectivity index (χ0) is 15.5. The van der Waals surface area contributed by atoms with Gasteiger partial charge in [0, 0.05) is 19.1 Å². The van der Waals surface area contributed by atoms with Gasteiger partial charge in [0.15, 0.2) is 0 Å². The van der Waals surface area contributed by atoms with Crippen LogP contribution < -0.4 is 5.32 Å². The third kappa shape index (κ3) is 3.19.